The Morgan fingerprint density at radius 1 is 1.33 bits per heavy atom. The Balaban J connectivity index is 3.81. The first-order valence-corrected chi connectivity index (χ1v) is 5.64. The molecule has 0 aromatic carbocycles. The van der Waals surface area contributed by atoms with E-state index in [1.54, 1.807) is 0 Å². The van der Waals surface area contributed by atoms with E-state index >= 15 is 0 Å². The Bertz CT molecular complexity index is 183. The van der Waals surface area contributed by atoms with Gasteiger partial charge in [-0.1, -0.05) is 20.8 Å². The first-order chi connectivity index (χ1) is 7.01. The molecule has 15 heavy (non-hydrogen) atoms. The SMILES string of the molecule is CCC(C)NCC(=O)N[C@H](CO)C(C)C. The Morgan fingerprint density at radius 2 is 1.93 bits per heavy atom. The number of hydrogen-bond donors (Lipinski definition) is 3. The second kappa shape index (κ2) is 7.65. The Morgan fingerprint density at radius 3 is 2.33 bits per heavy atom. The minimum Gasteiger partial charge on any atom is -0.394 e. The van der Waals surface area contributed by atoms with Gasteiger partial charge in [0.25, 0.3) is 0 Å². The van der Waals surface area contributed by atoms with E-state index in [0.717, 1.165) is 6.42 Å². The summed E-state index contributed by atoms with van der Waals surface area (Å²) in [6, 6.07) is 0.207. The van der Waals surface area contributed by atoms with E-state index in [0.29, 0.717) is 12.6 Å². The average molecular weight is 216 g/mol. The second-order valence-corrected chi connectivity index (χ2v) is 4.29. The molecule has 0 saturated heterocycles. The van der Waals surface area contributed by atoms with Crippen molar-refractivity contribution in [1.82, 2.24) is 10.6 Å². The lowest BCUT2D eigenvalue weighted by atomic mass is 10.1. The molecule has 0 aliphatic rings. The molecule has 0 aliphatic heterocycles. The van der Waals surface area contributed by atoms with Gasteiger partial charge in [-0.05, 0) is 19.3 Å². The third kappa shape index (κ3) is 6.47. The molecule has 1 unspecified atom stereocenters. The van der Waals surface area contributed by atoms with Gasteiger partial charge in [0, 0.05) is 6.04 Å². The molecular weight excluding hydrogens is 192 g/mol. The van der Waals surface area contributed by atoms with Crippen molar-refractivity contribution in [2.45, 2.75) is 46.2 Å². The maximum Gasteiger partial charge on any atom is 0.234 e. The van der Waals surface area contributed by atoms with Crippen molar-refractivity contribution in [1.29, 1.82) is 0 Å². The standard InChI is InChI=1S/C11H24N2O2/c1-5-9(4)12-6-11(15)13-10(7-14)8(2)3/h8-10,12,14H,5-7H2,1-4H3,(H,13,15)/t9?,10-/m1/s1. The molecule has 0 aliphatic carbocycles. The second-order valence-electron chi connectivity index (χ2n) is 4.29. The van der Waals surface area contributed by atoms with E-state index in [4.69, 9.17) is 5.11 Å². The minimum absolute atomic E-state index is 0.00720. The van der Waals surface area contributed by atoms with Gasteiger partial charge in [0.15, 0.2) is 0 Å². The fraction of sp³-hybridized carbons (Fsp3) is 0.909. The number of hydrogen-bond acceptors (Lipinski definition) is 3. The Hall–Kier alpha value is -0.610. The molecule has 0 heterocycles. The average Bonchev–Trinajstić information content (AvgIpc) is 2.21. The van der Waals surface area contributed by atoms with Gasteiger partial charge >= 0.3 is 0 Å². The molecule has 0 saturated carbocycles. The van der Waals surface area contributed by atoms with Crippen LogP contribution in [0.2, 0.25) is 0 Å². The summed E-state index contributed by atoms with van der Waals surface area (Å²) < 4.78 is 0. The van der Waals surface area contributed by atoms with Crippen molar-refractivity contribution in [2.24, 2.45) is 5.92 Å². The fourth-order valence-corrected chi connectivity index (χ4v) is 1.09. The summed E-state index contributed by atoms with van der Waals surface area (Å²) in [7, 11) is 0. The minimum atomic E-state index is -0.142. The van der Waals surface area contributed by atoms with E-state index in [1.807, 2.05) is 20.8 Å². The van der Waals surface area contributed by atoms with Crippen LogP contribution in [0.5, 0.6) is 0 Å². The molecule has 0 aromatic heterocycles. The first-order valence-electron chi connectivity index (χ1n) is 5.64. The number of carbonyl (C=O) groups excluding carboxylic acids is 1. The van der Waals surface area contributed by atoms with E-state index in [1.165, 1.54) is 0 Å². The molecule has 0 bridgehead atoms. The van der Waals surface area contributed by atoms with E-state index in [2.05, 4.69) is 17.6 Å². The van der Waals surface area contributed by atoms with Crippen LogP contribution in [0, 0.1) is 5.92 Å². The zero-order chi connectivity index (χ0) is 11.8. The lowest BCUT2D eigenvalue weighted by molar-refractivity contribution is -0.121. The molecule has 1 amide bonds. The van der Waals surface area contributed by atoms with Gasteiger partial charge in [-0.3, -0.25) is 4.79 Å². The smallest absolute Gasteiger partial charge is 0.234 e. The normalized spacial score (nSPS) is 15.1. The van der Waals surface area contributed by atoms with Gasteiger partial charge in [-0.15, -0.1) is 0 Å². The third-order valence-electron chi connectivity index (χ3n) is 2.57. The van der Waals surface area contributed by atoms with Gasteiger partial charge < -0.3 is 15.7 Å². The Labute approximate surface area is 92.4 Å². The molecule has 0 fully saturated rings. The van der Waals surface area contributed by atoms with Gasteiger partial charge in [0.05, 0.1) is 19.2 Å². The van der Waals surface area contributed by atoms with Gasteiger partial charge in [0.1, 0.15) is 0 Å². The molecule has 4 heteroatoms. The van der Waals surface area contributed by atoms with Crippen LogP contribution in [0.15, 0.2) is 0 Å². The highest BCUT2D eigenvalue weighted by atomic mass is 16.3. The van der Waals surface area contributed by atoms with Crippen LogP contribution in [0.4, 0.5) is 0 Å². The number of aliphatic hydroxyl groups is 1. The summed E-state index contributed by atoms with van der Waals surface area (Å²) in [5, 5.41) is 14.9. The fourth-order valence-electron chi connectivity index (χ4n) is 1.09. The van der Waals surface area contributed by atoms with Crippen LogP contribution in [-0.4, -0.2) is 36.2 Å². The van der Waals surface area contributed by atoms with Crippen molar-refractivity contribution in [3.05, 3.63) is 0 Å². The van der Waals surface area contributed by atoms with Crippen LogP contribution in [0.1, 0.15) is 34.1 Å². The summed E-state index contributed by atoms with van der Waals surface area (Å²) in [6.45, 7) is 8.37. The summed E-state index contributed by atoms with van der Waals surface area (Å²) in [5.41, 5.74) is 0. The van der Waals surface area contributed by atoms with Crippen LogP contribution in [0.3, 0.4) is 0 Å². The monoisotopic (exact) mass is 216 g/mol. The van der Waals surface area contributed by atoms with E-state index in [-0.39, 0.29) is 24.5 Å². The molecule has 2 atom stereocenters. The summed E-state index contributed by atoms with van der Waals surface area (Å²) in [6.07, 6.45) is 1.00. The van der Waals surface area contributed by atoms with Crippen LogP contribution >= 0.6 is 0 Å². The molecule has 4 nitrogen and oxygen atoms in total. The van der Waals surface area contributed by atoms with Crippen molar-refractivity contribution in [3.63, 3.8) is 0 Å². The summed E-state index contributed by atoms with van der Waals surface area (Å²) in [5.74, 6) is 0.200. The Kier molecular flexibility index (Phi) is 7.34. The summed E-state index contributed by atoms with van der Waals surface area (Å²) in [4.78, 5) is 11.5. The zero-order valence-electron chi connectivity index (χ0n) is 10.2. The van der Waals surface area contributed by atoms with Crippen LogP contribution in [0.25, 0.3) is 0 Å². The molecule has 0 spiro atoms. The lowest BCUT2D eigenvalue weighted by Crippen LogP contribution is -2.46. The van der Waals surface area contributed by atoms with Crippen LogP contribution < -0.4 is 10.6 Å². The highest BCUT2D eigenvalue weighted by Gasteiger charge is 2.14. The van der Waals surface area contributed by atoms with Crippen LogP contribution in [-0.2, 0) is 4.79 Å². The van der Waals surface area contributed by atoms with Gasteiger partial charge in [-0.25, -0.2) is 0 Å². The predicted octanol–water partition coefficient (Wildman–Crippen LogP) is 0.508. The highest BCUT2D eigenvalue weighted by Crippen LogP contribution is 1.99. The van der Waals surface area contributed by atoms with Gasteiger partial charge in [0.2, 0.25) is 5.91 Å². The highest BCUT2D eigenvalue weighted by molar-refractivity contribution is 5.78. The van der Waals surface area contributed by atoms with Crippen molar-refractivity contribution in [2.75, 3.05) is 13.2 Å². The van der Waals surface area contributed by atoms with E-state index in [9.17, 15) is 4.79 Å². The quantitative estimate of drug-likeness (QED) is 0.581. The number of carbonyl (C=O) groups is 1. The largest absolute Gasteiger partial charge is 0.394 e. The molecule has 0 aromatic rings. The maximum absolute atomic E-state index is 11.5. The van der Waals surface area contributed by atoms with Crippen molar-refractivity contribution >= 4 is 5.91 Å². The number of nitrogens with one attached hydrogen (secondary N) is 2. The van der Waals surface area contributed by atoms with Crippen molar-refractivity contribution in [3.8, 4) is 0 Å². The molecule has 0 rings (SSSR count). The number of rotatable bonds is 7. The molecule has 90 valence electrons. The topological polar surface area (TPSA) is 61.4 Å². The zero-order valence-corrected chi connectivity index (χ0v) is 10.2. The number of aliphatic hydroxyl groups excluding tert-OH is 1. The first kappa shape index (κ1) is 14.4. The summed E-state index contributed by atoms with van der Waals surface area (Å²) >= 11 is 0. The maximum atomic E-state index is 11.5. The van der Waals surface area contributed by atoms with E-state index < -0.39 is 0 Å². The molecule has 0 radical (unpaired) electrons. The van der Waals surface area contributed by atoms with Gasteiger partial charge in [-0.2, -0.15) is 0 Å². The predicted molar refractivity (Wildman–Crippen MR) is 61.6 cm³/mol. The number of amides is 1. The third-order valence-corrected chi connectivity index (χ3v) is 2.57. The lowest BCUT2D eigenvalue weighted by Gasteiger charge is -2.20. The molecule has 3 N–H and O–H groups in total. The molecular formula is C11H24N2O2. The van der Waals surface area contributed by atoms with Crippen molar-refractivity contribution < 1.29 is 9.90 Å².